The van der Waals surface area contributed by atoms with Crippen molar-refractivity contribution in [2.45, 2.75) is 50.5 Å². The lowest BCUT2D eigenvalue weighted by Crippen LogP contribution is -2.42. The molecule has 0 saturated carbocycles. The van der Waals surface area contributed by atoms with Crippen LogP contribution in [-0.2, 0) is 24.3 Å². The monoisotopic (exact) mass is 424 g/mol. The van der Waals surface area contributed by atoms with Gasteiger partial charge in [0.15, 0.2) is 0 Å². The van der Waals surface area contributed by atoms with E-state index >= 15 is 0 Å². The van der Waals surface area contributed by atoms with Gasteiger partial charge in [0, 0.05) is 25.4 Å². The zero-order valence-electron chi connectivity index (χ0n) is 17.3. The fourth-order valence-electron chi connectivity index (χ4n) is 4.04. The molecule has 0 aliphatic carbocycles. The Morgan fingerprint density at radius 2 is 1.90 bits per heavy atom. The summed E-state index contributed by atoms with van der Waals surface area (Å²) in [6.45, 7) is 6.92. The summed E-state index contributed by atoms with van der Waals surface area (Å²) in [4.78, 5) is 12.3. The predicted molar refractivity (Wildman–Crippen MR) is 111 cm³/mol. The summed E-state index contributed by atoms with van der Waals surface area (Å²) in [6, 6.07) is 6.38. The Morgan fingerprint density at radius 3 is 2.52 bits per heavy atom. The molecule has 0 aromatic heterocycles. The van der Waals surface area contributed by atoms with Crippen molar-refractivity contribution in [3.8, 4) is 0 Å². The second kappa shape index (κ2) is 10.0. The Hall–Kier alpha value is -1.48. The van der Waals surface area contributed by atoms with Crippen LogP contribution < -0.4 is 5.32 Å². The average molecular weight is 425 g/mol. The number of hydrogen-bond acceptors (Lipinski definition) is 5. The van der Waals surface area contributed by atoms with E-state index in [0.29, 0.717) is 43.8 Å². The minimum Gasteiger partial charge on any atom is -0.378 e. The van der Waals surface area contributed by atoms with Crippen LogP contribution in [0, 0.1) is 11.8 Å². The summed E-state index contributed by atoms with van der Waals surface area (Å²) >= 11 is 0. The molecule has 3 atom stereocenters. The molecular weight excluding hydrogens is 392 g/mol. The number of ether oxygens (including phenoxy) is 2. The fourth-order valence-corrected chi connectivity index (χ4v) is 5.72. The molecule has 3 unspecified atom stereocenters. The third kappa shape index (κ3) is 6.25. The van der Waals surface area contributed by atoms with Gasteiger partial charge in [0.05, 0.1) is 30.6 Å². The second-order valence-corrected chi connectivity index (χ2v) is 10.2. The van der Waals surface area contributed by atoms with Gasteiger partial charge in [0.1, 0.15) is 0 Å². The lowest BCUT2D eigenvalue weighted by molar-refractivity contribution is -0.117. The molecule has 0 radical (unpaired) electrons. The van der Waals surface area contributed by atoms with Crippen LogP contribution in [-0.4, -0.2) is 57.6 Å². The number of hydrogen-bond donors (Lipinski definition) is 1. The van der Waals surface area contributed by atoms with Crippen molar-refractivity contribution in [3.05, 3.63) is 24.3 Å². The molecule has 1 amide bonds. The molecule has 2 saturated heterocycles. The third-order valence-corrected chi connectivity index (χ3v) is 7.26. The molecule has 8 heteroatoms. The lowest BCUT2D eigenvalue weighted by atomic mass is 9.94. The van der Waals surface area contributed by atoms with E-state index in [1.807, 2.05) is 0 Å². The number of carbonyl (C=O) groups is 1. The van der Waals surface area contributed by atoms with Gasteiger partial charge in [-0.1, -0.05) is 13.8 Å². The van der Waals surface area contributed by atoms with Gasteiger partial charge in [-0.25, -0.2) is 8.42 Å². The summed E-state index contributed by atoms with van der Waals surface area (Å²) in [6.07, 6.45) is 3.52. The van der Waals surface area contributed by atoms with E-state index in [4.69, 9.17) is 9.47 Å². The van der Waals surface area contributed by atoms with Crippen LogP contribution in [0.4, 0.5) is 5.69 Å². The second-order valence-electron chi connectivity index (χ2n) is 8.30. The van der Waals surface area contributed by atoms with Crippen molar-refractivity contribution < 1.29 is 22.7 Å². The number of rotatable bonds is 8. The number of benzene rings is 1. The molecule has 7 nitrogen and oxygen atoms in total. The van der Waals surface area contributed by atoms with Crippen LogP contribution in [0.15, 0.2) is 29.2 Å². The van der Waals surface area contributed by atoms with Crippen LogP contribution in [0.2, 0.25) is 0 Å². The van der Waals surface area contributed by atoms with Crippen LogP contribution in [0.1, 0.15) is 39.5 Å². The van der Waals surface area contributed by atoms with E-state index in [0.717, 1.165) is 25.9 Å². The van der Waals surface area contributed by atoms with Gasteiger partial charge in [-0.15, -0.1) is 0 Å². The molecule has 3 rings (SSSR count). The molecule has 2 heterocycles. The van der Waals surface area contributed by atoms with Crippen molar-refractivity contribution in [1.29, 1.82) is 0 Å². The molecule has 2 aliphatic heterocycles. The van der Waals surface area contributed by atoms with E-state index in [1.165, 1.54) is 0 Å². The van der Waals surface area contributed by atoms with Gasteiger partial charge in [-0.3, -0.25) is 4.79 Å². The first-order chi connectivity index (χ1) is 13.8. The van der Waals surface area contributed by atoms with Gasteiger partial charge < -0.3 is 14.8 Å². The van der Waals surface area contributed by atoms with Crippen molar-refractivity contribution in [3.63, 3.8) is 0 Å². The van der Waals surface area contributed by atoms with Gasteiger partial charge in [0.2, 0.25) is 15.9 Å². The SMILES string of the molecule is CC1CC(C)CN(S(=O)(=O)c2ccc(NC(=O)CCOCC3CCCO3)cc2)C1. The smallest absolute Gasteiger partial charge is 0.243 e. The summed E-state index contributed by atoms with van der Waals surface area (Å²) in [5, 5.41) is 2.78. The van der Waals surface area contributed by atoms with E-state index in [9.17, 15) is 13.2 Å². The molecular formula is C21H32N2O5S. The molecule has 29 heavy (non-hydrogen) atoms. The Labute approximate surface area is 173 Å². The number of nitrogens with one attached hydrogen (secondary N) is 1. The molecule has 0 bridgehead atoms. The summed E-state index contributed by atoms with van der Waals surface area (Å²) in [5.74, 6) is 0.552. The summed E-state index contributed by atoms with van der Waals surface area (Å²) < 4.78 is 38.4. The Bertz CT molecular complexity index is 765. The van der Waals surface area contributed by atoms with E-state index in [-0.39, 0.29) is 23.3 Å². The highest BCUT2D eigenvalue weighted by Crippen LogP contribution is 2.27. The quantitative estimate of drug-likeness (QED) is 0.649. The van der Waals surface area contributed by atoms with Crippen molar-refractivity contribution in [2.24, 2.45) is 11.8 Å². The molecule has 0 spiro atoms. The molecule has 1 N–H and O–H groups in total. The number of sulfonamides is 1. The molecule has 2 aliphatic rings. The van der Waals surface area contributed by atoms with Crippen molar-refractivity contribution in [2.75, 3.05) is 38.2 Å². The van der Waals surface area contributed by atoms with Gasteiger partial charge in [0.25, 0.3) is 0 Å². The van der Waals surface area contributed by atoms with Crippen LogP contribution in [0.5, 0.6) is 0 Å². The maximum absolute atomic E-state index is 12.9. The highest BCUT2D eigenvalue weighted by Gasteiger charge is 2.31. The first-order valence-electron chi connectivity index (χ1n) is 10.4. The standard InChI is InChI=1S/C21H32N2O5S/c1-16-12-17(2)14-23(13-16)29(25,26)20-7-5-18(6-8-20)22-21(24)9-11-27-15-19-4-3-10-28-19/h5-8,16-17,19H,3-4,9-15H2,1-2H3,(H,22,24). The average Bonchev–Trinajstić information content (AvgIpc) is 3.18. The summed E-state index contributed by atoms with van der Waals surface area (Å²) in [7, 11) is -3.51. The van der Waals surface area contributed by atoms with Gasteiger partial charge in [-0.2, -0.15) is 4.31 Å². The highest BCUT2D eigenvalue weighted by atomic mass is 32.2. The third-order valence-electron chi connectivity index (χ3n) is 5.41. The zero-order valence-corrected chi connectivity index (χ0v) is 18.1. The predicted octanol–water partition coefficient (Wildman–Crippen LogP) is 2.88. The van der Waals surface area contributed by atoms with Crippen LogP contribution in [0.3, 0.4) is 0 Å². The fraction of sp³-hybridized carbons (Fsp3) is 0.667. The zero-order chi connectivity index (χ0) is 20.9. The largest absolute Gasteiger partial charge is 0.378 e. The normalized spacial score (nSPS) is 25.8. The first-order valence-corrected chi connectivity index (χ1v) is 11.9. The number of anilines is 1. The maximum atomic E-state index is 12.9. The van der Waals surface area contributed by atoms with E-state index in [1.54, 1.807) is 28.6 Å². The molecule has 1 aromatic rings. The lowest BCUT2D eigenvalue weighted by Gasteiger charge is -2.34. The minimum absolute atomic E-state index is 0.151. The van der Waals surface area contributed by atoms with Crippen LogP contribution in [0.25, 0.3) is 0 Å². The molecule has 162 valence electrons. The van der Waals surface area contributed by atoms with Gasteiger partial charge in [-0.05, 0) is 55.4 Å². The van der Waals surface area contributed by atoms with Crippen molar-refractivity contribution in [1.82, 2.24) is 4.31 Å². The number of nitrogens with zero attached hydrogens (tertiary/aromatic N) is 1. The Morgan fingerprint density at radius 1 is 1.21 bits per heavy atom. The van der Waals surface area contributed by atoms with Crippen LogP contribution >= 0.6 is 0 Å². The van der Waals surface area contributed by atoms with Crippen molar-refractivity contribution >= 4 is 21.6 Å². The Balaban J connectivity index is 1.48. The van der Waals surface area contributed by atoms with Gasteiger partial charge >= 0.3 is 0 Å². The first kappa shape index (κ1) is 22.2. The Kier molecular flexibility index (Phi) is 7.67. The minimum atomic E-state index is -3.51. The molecule has 1 aromatic carbocycles. The van der Waals surface area contributed by atoms with E-state index < -0.39 is 10.0 Å². The topological polar surface area (TPSA) is 84.9 Å². The number of carbonyl (C=O) groups excluding carboxylic acids is 1. The highest BCUT2D eigenvalue weighted by molar-refractivity contribution is 7.89. The summed E-state index contributed by atoms with van der Waals surface area (Å²) in [5.41, 5.74) is 0.577. The maximum Gasteiger partial charge on any atom is 0.243 e. The van der Waals surface area contributed by atoms with E-state index in [2.05, 4.69) is 19.2 Å². The number of piperidine rings is 1. The number of amides is 1. The molecule has 2 fully saturated rings.